The van der Waals surface area contributed by atoms with Crippen LogP contribution in [0.25, 0.3) is 22.0 Å². The van der Waals surface area contributed by atoms with Crippen molar-refractivity contribution in [2.75, 3.05) is 44.2 Å². The van der Waals surface area contributed by atoms with E-state index in [0.29, 0.717) is 44.4 Å². The molecule has 1 unspecified atom stereocenters. The van der Waals surface area contributed by atoms with Crippen molar-refractivity contribution >= 4 is 22.6 Å². The Labute approximate surface area is 261 Å². The number of hydrogen-bond acceptors (Lipinski definition) is 7. The van der Waals surface area contributed by atoms with E-state index in [0.717, 1.165) is 48.2 Å². The van der Waals surface area contributed by atoms with Gasteiger partial charge in [-0.1, -0.05) is 30.8 Å². The van der Waals surface area contributed by atoms with Gasteiger partial charge in [0.15, 0.2) is 5.83 Å². The molecule has 1 aromatic heterocycles. The molecule has 1 saturated carbocycles. The van der Waals surface area contributed by atoms with E-state index in [4.69, 9.17) is 14.7 Å². The fraction of sp³-hybridized carbons (Fsp3) is 0.486. The normalized spacial score (nSPS) is 28.5. The molecule has 1 amide bonds. The lowest BCUT2D eigenvalue weighted by Gasteiger charge is -2.41. The molecular formula is C35H36F2N6O2. The number of nitriles is 1. The van der Waals surface area contributed by atoms with Crippen LogP contribution in [-0.4, -0.2) is 82.8 Å². The topological polar surface area (TPSA) is 85.6 Å². The second-order valence-electron chi connectivity index (χ2n) is 13.5. The number of ether oxygens (including phenoxy) is 1. The molecular weight excluding hydrogens is 574 g/mol. The van der Waals surface area contributed by atoms with Gasteiger partial charge < -0.3 is 14.5 Å². The first kappa shape index (κ1) is 28.4. The van der Waals surface area contributed by atoms with Crippen molar-refractivity contribution in [3.05, 3.63) is 59.9 Å². The molecule has 0 radical (unpaired) electrons. The van der Waals surface area contributed by atoms with E-state index >= 15 is 0 Å². The van der Waals surface area contributed by atoms with Crippen LogP contribution in [0, 0.1) is 17.2 Å². The van der Waals surface area contributed by atoms with Crippen molar-refractivity contribution in [3.63, 3.8) is 0 Å². The van der Waals surface area contributed by atoms with Crippen molar-refractivity contribution in [1.29, 1.82) is 5.26 Å². The van der Waals surface area contributed by atoms with Crippen LogP contribution in [0.5, 0.6) is 6.01 Å². The summed E-state index contributed by atoms with van der Waals surface area (Å²) in [6.45, 7) is 5.72. The zero-order valence-corrected chi connectivity index (χ0v) is 25.2. The predicted molar refractivity (Wildman–Crippen MR) is 166 cm³/mol. The third-order valence-corrected chi connectivity index (χ3v) is 10.8. The smallest absolute Gasteiger partial charge is 0.319 e. The SMILES string of the molecule is C=C(F)C(=O)N1CCN(c2nc(OCC34CCCN3C[C@H](F)C4)nc3cc(-c4cccc5c4[C@H]4C[C@H]4C5)ccc23)C[C@@H]1CC#N. The summed E-state index contributed by atoms with van der Waals surface area (Å²) in [6.07, 6.45) is 3.94. The highest BCUT2D eigenvalue weighted by molar-refractivity contribution is 5.94. The largest absolute Gasteiger partial charge is 0.461 e. The number of carbonyl (C=O) groups is 1. The molecule has 3 aliphatic heterocycles. The lowest BCUT2D eigenvalue weighted by atomic mass is 9.94. The number of aromatic nitrogens is 2. The molecule has 8 nitrogen and oxygen atoms in total. The number of benzene rings is 2. The number of halogens is 2. The number of amides is 1. The summed E-state index contributed by atoms with van der Waals surface area (Å²) in [5.74, 6) is 0.239. The molecule has 2 aliphatic carbocycles. The van der Waals surface area contributed by atoms with Gasteiger partial charge in [0.2, 0.25) is 0 Å². The van der Waals surface area contributed by atoms with Gasteiger partial charge in [0, 0.05) is 38.0 Å². The average molecular weight is 611 g/mol. The van der Waals surface area contributed by atoms with Gasteiger partial charge in [-0.2, -0.15) is 15.2 Å². The molecule has 8 rings (SSSR count). The lowest BCUT2D eigenvalue weighted by molar-refractivity contribution is -0.131. The Morgan fingerprint density at radius 1 is 1.18 bits per heavy atom. The van der Waals surface area contributed by atoms with Crippen LogP contribution in [0.15, 0.2) is 48.8 Å². The van der Waals surface area contributed by atoms with Gasteiger partial charge in [0.1, 0.15) is 18.6 Å². The number of hydrogen-bond donors (Lipinski definition) is 0. The van der Waals surface area contributed by atoms with E-state index < -0.39 is 23.9 Å². The van der Waals surface area contributed by atoms with E-state index in [1.807, 2.05) is 11.0 Å². The van der Waals surface area contributed by atoms with Crippen LogP contribution in [-0.2, 0) is 11.2 Å². The minimum Gasteiger partial charge on any atom is -0.461 e. The zero-order chi connectivity index (χ0) is 30.9. The summed E-state index contributed by atoms with van der Waals surface area (Å²) in [7, 11) is 0. The molecule has 45 heavy (non-hydrogen) atoms. The molecule has 2 aromatic carbocycles. The first-order valence-electron chi connectivity index (χ1n) is 16.1. The van der Waals surface area contributed by atoms with Gasteiger partial charge in [-0.05, 0) is 78.5 Å². The average Bonchev–Trinajstić information content (AvgIpc) is 3.36. The number of fused-ring (bicyclic) bond motifs is 5. The second-order valence-corrected chi connectivity index (χ2v) is 13.5. The molecule has 3 aromatic rings. The van der Waals surface area contributed by atoms with Gasteiger partial charge in [-0.15, -0.1) is 0 Å². The van der Waals surface area contributed by atoms with Crippen molar-refractivity contribution in [3.8, 4) is 23.2 Å². The maximum atomic E-state index is 14.5. The van der Waals surface area contributed by atoms with Gasteiger partial charge in [0.05, 0.1) is 29.6 Å². The van der Waals surface area contributed by atoms with Crippen molar-refractivity contribution < 1.29 is 18.3 Å². The first-order chi connectivity index (χ1) is 21.8. The van der Waals surface area contributed by atoms with E-state index in [2.05, 4.69) is 47.9 Å². The molecule has 5 aliphatic rings. The summed E-state index contributed by atoms with van der Waals surface area (Å²) in [4.78, 5) is 28.0. The van der Waals surface area contributed by atoms with Gasteiger partial charge in [-0.3, -0.25) is 9.69 Å². The molecule has 3 saturated heterocycles. The fourth-order valence-corrected chi connectivity index (χ4v) is 8.55. The molecule has 10 heteroatoms. The quantitative estimate of drug-likeness (QED) is 0.335. The highest BCUT2D eigenvalue weighted by atomic mass is 19.1. The Morgan fingerprint density at radius 2 is 2.07 bits per heavy atom. The minimum absolute atomic E-state index is 0.0517. The van der Waals surface area contributed by atoms with Crippen LogP contribution in [0.2, 0.25) is 0 Å². The number of anilines is 1. The van der Waals surface area contributed by atoms with Crippen LogP contribution >= 0.6 is 0 Å². The number of carbonyl (C=O) groups excluding carboxylic acids is 1. The minimum atomic E-state index is -1.03. The van der Waals surface area contributed by atoms with Crippen molar-refractivity contribution in [2.45, 2.75) is 62.2 Å². The molecule has 5 atom stereocenters. The molecule has 0 N–H and O–H groups in total. The molecule has 0 bridgehead atoms. The fourth-order valence-electron chi connectivity index (χ4n) is 8.55. The monoisotopic (exact) mass is 610 g/mol. The van der Waals surface area contributed by atoms with E-state index in [9.17, 15) is 18.8 Å². The number of piperazine rings is 1. The molecule has 4 heterocycles. The standard InChI is InChI=1S/C35H36F2N6O2/c1-21(36)33(44)43-13-12-41(19-26(43)8-10-38)32-28-7-6-22(27-5-2-4-23-14-24-15-29(24)31(23)27)16-30(28)39-34(40-32)45-20-35-9-3-11-42(35)18-25(37)17-35/h2,4-7,16,24-26,29H,1,3,8-9,11-15,17-20H2/t24-,25-,26+,29+,35?/m1/s1. The summed E-state index contributed by atoms with van der Waals surface area (Å²) >= 11 is 0. The maximum Gasteiger partial charge on any atom is 0.319 e. The predicted octanol–water partition coefficient (Wildman–Crippen LogP) is 5.33. The zero-order valence-electron chi connectivity index (χ0n) is 25.2. The number of alkyl halides is 1. The summed E-state index contributed by atoms with van der Waals surface area (Å²) < 4.78 is 34.7. The molecule has 0 spiro atoms. The third-order valence-electron chi connectivity index (χ3n) is 10.8. The van der Waals surface area contributed by atoms with Crippen molar-refractivity contribution in [1.82, 2.24) is 19.8 Å². The first-order valence-corrected chi connectivity index (χ1v) is 16.1. The Hall–Kier alpha value is -4.10. The Bertz CT molecular complexity index is 1760. The molecule has 232 valence electrons. The van der Waals surface area contributed by atoms with Crippen LogP contribution in [0.3, 0.4) is 0 Å². The van der Waals surface area contributed by atoms with Crippen LogP contribution < -0.4 is 9.64 Å². The number of rotatable bonds is 7. The van der Waals surface area contributed by atoms with Gasteiger partial charge >= 0.3 is 6.01 Å². The highest BCUT2D eigenvalue weighted by Gasteiger charge is 2.49. The second kappa shape index (κ2) is 10.8. The van der Waals surface area contributed by atoms with E-state index in [-0.39, 0.29) is 24.5 Å². The van der Waals surface area contributed by atoms with E-state index in [1.54, 1.807) is 0 Å². The van der Waals surface area contributed by atoms with Crippen molar-refractivity contribution in [2.24, 2.45) is 5.92 Å². The van der Waals surface area contributed by atoms with Gasteiger partial charge in [-0.25, -0.2) is 8.78 Å². The molecule has 4 fully saturated rings. The number of nitrogens with zero attached hydrogens (tertiary/aromatic N) is 6. The summed E-state index contributed by atoms with van der Waals surface area (Å²) in [5.41, 5.74) is 5.64. The lowest BCUT2D eigenvalue weighted by Crippen LogP contribution is -2.55. The Morgan fingerprint density at radius 3 is 2.91 bits per heavy atom. The Balaban J connectivity index is 1.17. The highest BCUT2D eigenvalue weighted by Crippen LogP contribution is 2.58. The Kier molecular flexibility index (Phi) is 6.79. The van der Waals surface area contributed by atoms with Crippen LogP contribution in [0.1, 0.15) is 49.1 Å². The van der Waals surface area contributed by atoms with Gasteiger partial charge in [0.25, 0.3) is 5.91 Å². The summed E-state index contributed by atoms with van der Waals surface area (Å²) in [5, 5.41) is 10.4. The maximum absolute atomic E-state index is 14.5. The van der Waals surface area contributed by atoms with Crippen LogP contribution in [0.4, 0.5) is 14.6 Å². The summed E-state index contributed by atoms with van der Waals surface area (Å²) in [6, 6.07) is 14.7. The van der Waals surface area contributed by atoms with E-state index in [1.165, 1.54) is 28.0 Å². The third kappa shape index (κ3) is 4.83.